The Bertz CT molecular complexity index is 1310. The molecule has 0 aliphatic carbocycles. The Morgan fingerprint density at radius 2 is 1.86 bits per heavy atom. The molecule has 0 spiro atoms. The van der Waals surface area contributed by atoms with Crippen LogP contribution in [0, 0.1) is 0 Å². The summed E-state index contributed by atoms with van der Waals surface area (Å²) in [6.07, 6.45) is 2.22. The summed E-state index contributed by atoms with van der Waals surface area (Å²) in [5.74, 6) is 0.467. The van der Waals surface area contributed by atoms with E-state index in [2.05, 4.69) is 15.6 Å². The molecule has 4 rings (SSSR count). The molecule has 1 N–H and O–H groups in total. The van der Waals surface area contributed by atoms with E-state index in [1.54, 1.807) is 23.9 Å². The molecular formula is C27H31N5O4. The fourth-order valence-electron chi connectivity index (χ4n) is 3.87. The molecule has 9 nitrogen and oxygen atoms in total. The number of benzene rings is 2. The van der Waals surface area contributed by atoms with Gasteiger partial charge in [-0.25, -0.2) is 4.68 Å². The van der Waals surface area contributed by atoms with Gasteiger partial charge in [-0.15, -0.1) is 5.10 Å². The van der Waals surface area contributed by atoms with Gasteiger partial charge < -0.3 is 19.4 Å². The maximum absolute atomic E-state index is 13.8. The van der Waals surface area contributed by atoms with Crippen molar-refractivity contribution >= 4 is 22.8 Å². The van der Waals surface area contributed by atoms with Crippen LogP contribution in [-0.4, -0.2) is 44.4 Å². The lowest BCUT2D eigenvalue weighted by atomic mass is 10.0. The Balaban J connectivity index is 1.72. The van der Waals surface area contributed by atoms with E-state index in [-0.39, 0.29) is 24.9 Å². The van der Waals surface area contributed by atoms with Gasteiger partial charge in [0.2, 0.25) is 5.91 Å². The summed E-state index contributed by atoms with van der Waals surface area (Å²) >= 11 is 0. The number of fused-ring (bicyclic) bond motifs is 1. The van der Waals surface area contributed by atoms with Crippen molar-refractivity contribution in [3.05, 3.63) is 78.3 Å². The molecule has 0 aliphatic heterocycles. The molecule has 2 aromatic carbocycles. The first-order valence-corrected chi connectivity index (χ1v) is 11.9. The number of rotatable bonds is 10. The predicted octanol–water partition coefficient (Wildman–Crippen LogP) is 4.11. The number of aromatic nitrogens is 3. The van der Waals surface area contributed by atoms with E-state index in [0.29, 0.717) is 17.0 Å². The largest absolute Gasteiger partial charge is 0.497 e. The molecule has 0 radical (unpaired) electrons. The zero-order chi connectivity index (χ0) is 25.7. The van der Waals surface area contributed by atoms with Gasteiger partial charge >= 0.3 is 0 Å². The monoisotopic (exact) mass is 489 g/mol. The summed E-state index contributed by atoms with van der Waals surface area (Å²) in [5, 5.41) is 11.4. The lowest BCUT2D eigenvalue weighted by molar-refractivity contribution is -0.143. The maximum Gasteiger partial charge on any atom is 0.251 e. The summed E-state index contributed by atoms with van der Waals surface area (Å²) in [7, 11) is 1.60. The smallest absolute Gasteiger partial charge is 0.251 e. The fraction of sp³-hybridized carbons (Fsp3) is 0.333. The van der Waals surface area contributed by atoms with Crippen molar-refractivity contribution in [3.8, 4) is 5.75 Å². The quantitative estimate of drug-likeness (QED) is 0.360. The number of furan rings is 1. The molecule has 0 saturated heterocycles. The van der Waals surface area contributed by atoms with Crippen molar-refractivity contribution in [2.75, 3.05) is 7.11 Å². The molecule has 2 heterocycles. The summed E-state index contributed by atoms with van der Waals surface area (Å²) in [5.41, 5.74) is 1.81. The number of methoxy groups -OCH3 is 1. The molecule has 1 atom stereocenters. The van der Waals surface area contributed by atoms with E-state index in [1.807, 2.05) is 69.3 Å². The van der Waals surface area contributed by atoms with Crippen molar-refractivity contribution in [2.24, 2.45) is 0 Å². The third-order valence-electron chi connectivity index (χ3n) is 6.26. The van der Waals surface area contributed by atoms with E-state index in [0.717, 1.165) is 17.5 Å². The van der Waals surface area contributed by atoms with E-state index >= 15 is 0 Å². The van der Waals surface area contributed by atoms with Crippen LogP contribution in [-0.2, 0) is 22.7 Å². The Morgan fingerprint density at radius 3 is 2.53 bits per heavy atom. The van der Waals surface area contributed by atoms with Gasteiger partial charge in [-0.1, -0.05) is 36.4 Å². The average Bonchev–Trinajstić information content (AvgIpc) is 3.54. The zero-order valence-corrected chi connectivity index (χ0v) is 21.0. The number of carbonyl (C=O) groups is 2. The second-order valence-corrected chi connectivity index (χ2v) is 9.25. The number of hydrogen-bond acceptors (Lipinski definition) is 6. The van der Waals surface area contributed by atoms with Crippen LogP contribution >= 0.6 is 0 Å². The van der Waals surface area contributed by atoms with Crippen LogP contribution in [0.2, 0.25) is 0 Å². The van der Waals surface area contributed by atoms with Crippen LogP contribution in [0.15, 0.2) is 71.3 Å². The molecule has 36 heavy (non-hydrogen) atoms. The van der Waals surface area contributed by atoms with Crippen LogP contribution in [0.5, 0.6) is 5.75 Å². The Labute approximate surface area is 210 Å². The highest BCUT2D eigenvalue weighted by molar-refractivity contribution is 5.89. The van der Waals surface area contributed by atoms with Crippen LogP contribution in [0.4, 0.5) is 0 Å². The molecule has 4 aromatic rings. The normalized spacial score (nSPS) is 12.3. The first kappa shape index (κ1) is 25.0. The molecular weight excluding hydrogens is 458 g/mol. The van der Waals surface area contributed by atoms with Gasteiger partial charge in [-0.2, -0.15) is 0 Å². The van der Waals surface area contributed by atoms with Crippen molar-refractivity contribution in [2.45, 2.75) is 51.9 Å². The molecule has 0 aliphatic rings. The molecule has 0 fully saturated rings. The molecule has 1 unspecified atom stereocenters. The van der Waals surface area contributed by atoms with E-state index in [1.165, 1.54) is 11.2 Å². The molecule has 0 bridgehead atoms. The standard InChI is InChI=1S/C27H31N5O4/c1-5-27(2,3)28-26(34)25(23-11-8-16-36-23)31(17-19-12-14-20(35-4)15-13-19)24(33)18-32-22-10-7-6-9-21(22)29-30-32/h6-16,25H,5,17-18H2,1-4H3,(H,28,34). The van der Waals surface area contributed by atoms with Gasteiger partial charge in [-0.3, -0.25) is 9.59 Å². The SMILES string of the molecule is CCC(C)(C)NC(=O)C(c1ccco1)N(Cc1ccc(OC)cc1)C(=O)Cn1nnc2ccccc21. The van der Waals surface area contributed by atoms with Crippen molar-refractivity contribution < 1.29 is 18.7 Å². The van der Waals surface area contributed by atoms with Crippen LogP contribution in [0.1, 0.15) is 44.6 Å². The van der Waals surface area contributed by atoms with E-state index in [4.69, 9.17) is 9.15 Å². The first-order valence-electron chi connectivity index (χ1n) is 11.9. The van der Waals surface area contributed by atoms with Gasteiger partial charge in [0.25, 0.3) is 5.91 Å². The average molecular weight is 490 g/mol. The second kappa shape index (κ2) is 10.6. The number of ether oxygens (including phenoxy) is 1. The minimum Gasteiger partial charge on any atom is -0.497 e. The fourth-order valence-corrected chi connectivity index (χ4v) is 3.87. The minimum absolute atomic E-state index is 0.0850. The van der Waals surface area contributed by atoms with Gasteiger partial charge in [0, 0.05) is 12.1 Å². The highest BCUT2D eigenvalue weighted by Gasteiger charge is 2.36. The van der Waals surface area contributed by atoms with Crippen LogP contribution < -0.4 is 10.1 Å². The lowest BCUT2D eigenvalue weighted by Crippen LogP contribution is -2.50. The topological polar surface area (TPSA) is 102 Å². The molecule has 2 amide bonds. The number of carbonyl (C=O) groups excluding carboxylic acids is 2. The maximum atomic E-state index is 13.8. The lowest BCUT2D eigenvalue weighted by Gasteiger charge is -2.33. The molecule has 0 saturated carbocycles. The van der Waals surface area contributed by atoms with Crippen molar-refractivity contribution in [1.29, 1.82) is 0 Å². The highest BCUT2D eigenvalue weighted by atomic mass is 16.5. The summed E-state index contributed by atoms with van der Waals surface area (Å²) in [6, 6.07) is 17.3. The van der Waals surface area contributed by atoms with Crippen LogP contribution in [0.3, 0.4) is 0 Å². The summed E-state index contributed by atoms with van der Waals surface area (Å²) in [4.78, 5) is 29.0. The zero-order valence-electron chi connectivity index (χ0n) is 21.0. The minimum atomic E-state index is -0.977. The number of nitrogens with zero attached hydrogens (tertiary/aromatic N) is 4. The Morgan fingerprint density at radius 1 is 1.11 bits per heavy atom. The first-order chi connectivity index (χ1) is 17.3. The van der Waals surface area contributed by atoms with Gasteiger partial charge in [0.05, 0.1) is 18.9 Å². The summed E-state index contributed by atoms with van der Waals surface area (Å²) in [6.45, 7) is 5.99. The number of amides is 2. The van der Waals surface area contributed by atoms with Crippen molar-refractivity contribution in [1.82, 2.24) is 25.2 Å². The Kier molecular flexibility index (Phi) is 7.38. The van der Waals surface area contributed by atoms with Crippen molar-refractivity contribution in [3.63, 3.8) is 0 Å². The Hall–Kier alpha value is -4.14. The summed E-state index contributed by atoms with van der Waals surface area (Å²) < 4.78 is 12.5. The van der Waals surface area contributed by atoms with E-state index < -0.39 is 11.6 Å². The predicted molar refractivity (Wildman–Crippen MR) is 135 cm³/mol. The molecule has 188 valence electrons. The third kappa shape index (κ3) is 5.56. The van der Waals surface area contributed by atoms with Crippen LogP contribution in [0.25, 0.3) is 11.0 Å². The molecule has 9 heteroatoms. The van der Waals surface area contributed by atoms with Gasteiger partial charge in [0.15, 0.2) is 6.04 Å². The number of nitrogens with one attached hydrogen (secondary N) is 1. The third-order valence-corrected chi connectivity index (χ3v) is 6.26. The van der Waals surface area contributed by atoms with Gasteiger partial charge in [0.1, 0.15) is 23.6 Å². The second-order valence-electron chi connectivity index (χ2n) is 9.25. The number of para-hydroxylation sites is 1. The number of hydrogen-bond donors (Lipinski definition) is 1. The van der Waals surface area contributed by atoms with E-state index in [9.17, 15) is 9.59 Å². The molecule has 2 aromatic heterocycles. The van der Waals surface area contributed by atoms with Gasteiger partial charge in [-0.05, 0) is 62.2 Å². The highest BCUT2D eigenvalue weighted by Crippen LogP contribution is 2.27.